The minimum Gasteiger partial charge on any atom is -0.504 e. The monoisotopic (exact) mass is 249 g/mol. The third-order valence-corrected chi connectivity index (χ3v) is 2.99. The van der Waals surface area contributed by atoms with Gasteiger partial charge in [-0.1, -0.05) is 25.0 Å². The first-order chi connectivity index (χ1) is 8.58. The zero-order valence-electron chi connectivity index (χ0n) is 11.5. The standard InChI is InChI=1S/C15H23NO2/c1-4-5-12(6-7-16-3)9-13-10-15(18)14(17)8-11(13)2/h8-10,16-18H,4-7H2,1-3H3. The van der Waals surface area contributed by atoms with Crippen molar-refractivity contribution in [3.05, 3.63) is 28.8 Å². The molecule has 0 aliphatic carbocycles. The maximum Gasteiger partial charge on any atom is 0.158 e. The van der Waals surface area contributed by atoms with Crippen molar-refractivity contribution < 1.29 is 10.2 Å². The second-order valence-corrected chi connectivity index (χ2v) is 4.60. The molecular formula is C15H23NO2. The Kier molecular flexibility index (Phi) is 5.72. The van der Waals surface area contributed by atoms with E-state index in [2.05, 4.69) is 18.3 Å². The van der Waals surface area contributed by atoms with E-state index in [4.69, 9.17) is 0 Å². The van der Waals surface area contributed by atoms with E-state index >= 15 is 0 Å². The lowest BCUT2D eigenvalue weighted by molar-refractivity contribution is 0.403. The molecule has 1 rings (SSSR count). The summed E-state index contributed by atoms with van der Waals surface area (Å²) in [6.45, 7) is 5.05. The highest BCUT2D eigenvalue weighted by atomic mass is 16.3. The number of rotatable bonds is 6. The second kappa shape index (κ2) is 7.07. The minimum atomic E-state index is -0.0590. The summed E-state index contributed by atoms with van der Waals surface area (Å²) in [4.78, 5) is 0. The molecule has 1 aromatic rings. The van der Waals surface area contributed by atoms with Crippen LogP contribution in [0.5, 0.6) is 11.5 Å². The first-order valence-corrected chi connectivity index (χ1v) is 6.45. The van der Waals surface area contributed by atoms with Crippen LogP contribution in [0.15, 0.2) is 17.7 Å². The van der Waals surface area contributed by atoms with E-state index in [0.717, 1.165) is 36.9 Å². The zero-order valence-corrected chi connectivity index (χ0v) is 11.5. The van der Waals surface area contributed by atoms with Crippen molar-refractivity contribution in [2.75, 3.05) is 13.6 Å². The molecule has 1 aromatic carbocycles. The number of phenolic OH excluding ortho intramolecular Hbond substituents is 2. The van der Waals surface area contributed by atoms with Gasteiger partial charge in [0.1, 0.15) is 0 Å². The molecule has 0 aromatic heterocycles. The summed E-state index contributed by atoms with van der Waals surface area (Å²) in [6.07, 6.45) is 5.29. The van der Waals surface area contributed by atoms with Gasteiger partial charge >= 0.3 is 0 Å². The van der Waals surface area contributed by atoms with E-state index < -0.39 is 0 Å². The molecule has 0 heterocycles. The van der Waals surface area contributed by atoms with Crippen LogP contribution in [0, 0.1) is 6.92 Å². The predicted octanol–water partition coefficient (Wildman–Crippen LogP) is 3.20. The van der Waals surface area contributed by atoms with E-state index in [9.17, 15) is 10.2 Å². The molecule has 0 spiro atoms. The lowest BCUT2D eigenvalue weighted by Crippen LogP contribution is -2.08. The SMILES string of the molecule is CCCC(=Cc1cc(O)c(O)cc1C)CCNC. The fourth-order valence-corrected chi connectivity index (χ4v) is 1.95. The average Bonchev–Trinajstić information content (AvgIpc) is 2.33. The van der Waals surface area contributed by atoms with E-state index in [1.165, 1.54) is 5.57 Å². The smallest absolute Gasteiger partial charge is 0.158 e. The van der Waals surface area contributed by atoms with E-state index in [-0.39, 0.29) is 11.5 Å². The maximum atomic E-state index is 9.55. The molecule has 0 saturated heterocycles. The van der Waals surface area contributed by atoms with Crippen LogP contribution in [0.25, 0.3) is 6.08 Å². The van der Waals surface area contributed by atoms with Gasteiger partial charge in [0, 0.05) is 0 Å². The third kappa shape index (κ3) is 4.08. The Labute approximate surface area is 109 Å². The fourth-order valence-electron chi connectivity index (χ4n) is 1.95. The maximum absolute atomic E-state index is 9.55. The van der Waals surface area contributed by atoms with Gasteiger partial charge in [0.05, 0.1) is 0 Å². The molecule has 0 aliphatic rings. The number of phenols is 2. The van der Waals surface area contributed by atoms with Crippen molar-refractivity contribution in [3.63, 3.8) is 0 Å². The van der Waals surface area contributed by atoms with Crippen molar-refractivity contribution in [3.8, 4) is 11.5 Å². The Morgan fingerprint density at radius 2 is 1.89 bits per heavy atom. The second-order valence-electron chi connectivity index (χ2n) is 4.60. The Balaban J connectivity index is 2.99. The zero-order chi connectivity index (χ0) is 13.5. The molecule has 3 heteroatoms. The predicted molar refractivity (Wildman–Crippen MR) is 75.9 cm³/mol. The molecule has 3 nitrogen and oxygen atoms in total. The van der Waals surface area contributed by atoms with Crippen LogP contribution in [0.4, 0.5) is 0 Å². The lowest BCUT2D eigenvalue weighted by atomic mass is 10.0. The Bertz CT molecular complexity index is 425. The normalized spacial score (nSPS) is 11.8. The van der Waals surface area contributed by atoms with Crippen LogP contribution in [-0.2, 0) is 0 Å². The minimum absolute atomic E-state index is 0.0584. The van der Waals surface area contributed by atoms with E-state index in [1.807, 2.05) is 14.0 Å². The highest BCUT2D eigenvalue weighted by molar-refractivity contribution is 5.61. The molecule has 0 fully saturated rings. The molecule has 0 saturated carbocycles. The van der Waals surface area contributed by atoms with Gasteiger partial charge < -0.3 is 15.5 Å². The molecule has 0 radical (unpaired) electrons. The molecule has 100 valence electrons. The summed E-state index contributed by atoms with van der Waals surface area (Å²) in [5.74, 6) is -0.117. The number of hydrogen-bond acceptors (Lipinski definition) is 3. The fraction of sp³-hybridized carbons (Fsp3) is 0.467. The molecule has 0 amide bonds. The van der Waals surface area contributed by atoms with E-state index in [0.29, 0.717) is 0 Å². The number of hydrogen-bond donors (Lipinski definition) is 3. The summed E-state index contributed by atoms with van der Waals surface area (Å²) >= 11 is 0. The molecule has 0 aliphatic heterocycles. The van der Waals surface area contributed by atoms with Crippen molar-refractivity contribution in [1.29, 1.82) is 0 Å². The van der Waals surface area contributed by atoms with Crippen LogP contribution < -0.4 is 5.32 Å². The van der Waals surface area contributed by atoms with Crippen LogP contribution in [0.1, 0.15) is 37.3 Å². The van der Waals surface area contributed by atoms with Gasteiger partial charge in [-0.05, 0) is 56.6 Å². The van der Waals surface area contributed by atoms with Crippen molar-refractivity contribution in [2.24, 2.45) is 0 Å². The molecule has 0 unspecified atom stereocenters. The first-order valence-electron chi connectivity index (χ1n) is 6.45. The van der Waals surface area contributed by atoms with Crippen molar-refractivity contribution in [2.45, 2.75) is 33.1 Å². The largest absolute Gasteiger partial charge is 0.504 e. The third-order valence-electron chi connectivity index (χ3n) is 2.99. The Hall–Kier alpha value is -1.48. The summed E-state index contributed by atoms with van der Waals surface area (Å²) in [6, 6.07) is 3.22. The summed E-state index contributed by atoms with van der Waals surface area (Å²) in [5, 5.41) is 22.1. The lowest BCUT2D eigenvalue weighted by Gasteiger charge is -2.09. The van der Waals surface area contributed by atoms with Crippen molar-refractivity contribution >= 4 is 6.08 Å². The van der Waals surface area contributed by atoms with Crippen LogP contribution in [0.2, 0.25) is 0 Å². The molecule has 18 heavy (non-hydrogen) atoms. The summed E-state index contributed by atoms with van der Waals surface area (Å²) in [5.41, 5.74) is 3.31. The van der Waals surface area contributed by atoms with Gasteiger partial charge in [-0.25, -0.2) is 0 Å². The first kappa shape index (κ1) is 14.6. The van der Waals surface area contributed by atoms with Gasteiger partial charge in [0.15, 0.2) is 11.5 Å². The van der Waals surface area contributed by atoms with Crippen LogP contribution in [0.3, 0.4) is 0 Å². The van der Waals surface area contributed by atoms with Gasteiger partial charge in [0.25, 0.3) is 0 Å². The topological polar surface area (TPSA) is 52.5 Å². The average molecular weight is 249 g/mol. The number of nitrogens with one attached hydrogen (secondary N) is 1. The Morgan fingerprint density at radius 3 is 2.50 bits per heavy atom. The van der Waals surface area contributed by atoms with Gasteiger partial charge in [-0.3, -0.25) is 0 Å². The molecule has 0 atom stereocenters. The molecule has 3 N–H and O–H groups in total. The molecular weight excluding hydrogens is 226 g/mol. The summed E-state index contributed by atoms with van der Waals surface area (Å²) in [7, 11) is 1.95. The number of aryl methyl sites for hydroxylation is 1. The van der Waals surface area contributed by atoms with Crippen molar-refractivity contribution in [1.82, 2.24) is 5.32 Å². The van der Waals surface area contributed by atoms with Crippen LogP contribution in [-0.4, -0.2) is 23.8 Å². The van der Waals surface area contributed by atoms with Gasteiger partial charge in [-0.15, -0.1) is 0 Å². The van der Waals surface area contributed by atoms with E-state index in [1.54, 1.807) is 12.1 Å². The van der Waals surface area contributed by atoms with Gasteiger partial charge in [0.2, 0.25) is 0 Å². The quantitative estimate of drug-likeness (QED) is 0.679. The molecule has 0 bridgehead atoms. The number of benzene rings is 1. The van der Waals surface area contributed by atoms with Crippen LogP contribution >= 0.6 is 0 Å². The highest BCUT2D eigenvalue weighted by Crippen LogP contribution is 2.29. The summed E-state index contributed by atoms with van der Waals surface area (Å²) < 4.78 is 0. The Morgan fingerprint density at radius 1 is 1.22 bits per heavy atom. The number of aromatic hydroxyl groups is 2. The highest BCUT2D eigenvalue weighted by Gasteiger charge is 2.05. The van der Waals surface area contributed by atoms with Gasteiger partial charge in [-0.2, -0.15) is 0 Å².